The van der Waals surface area contributed by atoms with Crippen LogP contribution in [0.3, 0.4) is 0 Å². The van der Waals surface area contributed by atoms with Crippen LogP contribution in [-0.4, -0.2) is 33.4 Å². The molecule has 1 N–H and O–H groups in total. The minimum atomic E-state index is -0.109. The van der Waals surface area contributed by atoms with Crippen LogP contribution in [-0.2, 0) is 11.3 Å². The second-order valence-corrected chi connectivity index (χ2v) is 5.79. The summed E-state index contributed by atoms with van der Waals surface area (Å²) in [6, 6.07) is 5.59. The van der Waals surface area contributed by atoms with E-state index in [1.165, 1.54) is 19.3 Å². The molecule has 1 aromatic rings. The summed E-state index contributed by atoms with van der Waals surface area (Å²) < 4.78 is 19.3. The third-order valence-corrected chi connectivity index (χ3v) is 4.25. The number of halogens is 1. The number of rotatable bonds is 9. The molecule has 0 radical (unpaired) electrons. The lowest BCUT2D eigenvalue weighted by Crippen LogP contribution is -2.33. The van der Waals surface area contributed by atoms with Gasteiger partial charge >= 0.3 is 0 Å². The molecule has 0 amide bonds. The minimum absolute atomic E-state index is 0.109. The van der Waals surface area contributed by atoms with E-state index in [1.54, 1.807) is 13.2 Å². The molecule has 1 aliphatic carbocycles. The Bertz CT molecular complexity index is 435. The fourth-order valence-corrected chi connectivity index (χ4v) is 2.71. The average molecular weight is 294 g/mol. The van der Waals surface area contributed by atoms with E-state index in [0.29, 0.717) is 13.2 Å². The molecule has 4 heteroatoms. The molecule has 2 rings (SSSR count). The Hall–Kier alpha value is -1.13. The summed E-state index contributed by atoms with van der Waals surface area (Å²) in [6.45, 7) is 6.07. The van der Waals surface area contributed by atoms with Crippen LogP contribution in [0.15, 0.2) is 18.2 Å². The van der Waals surface area contributed by atoms with Gasteiger partial charge in [-0.05, 0) is 43.4 Å². The number of ether oxygens (including phenoxy) is 1. The standard InChI is InChI=1S/C17H27FN2O/c1-3-20(13-14-5-4-6-14)17-8-7-15(11-16(17)18)12-19-9-10-21-2/h7-8,11,14,19H,3-6,9-10,12-13H2,1-2H3. The fourth-order valence-electron chi connectivity index (χ4n) is 2.71. The molecular weight excluding hydrogens is 267 g/mol. The van der Waals surface area contributed by atoms with Crippen LogP contribution in [0.1, 0.15) is 31.7 Å². The van der Waals surface area contributed by atoms with Crippen LogP contribution in [0.2, 0.25) is 0 Å². The summed E-state index contributed by atoms with van der Waals surface area (Å²) >= 11 is 0. The first kappa shape index (κ1) is 16.2. The zero-order chi connectivity index (χ0) is 15.1. The van der Waals surface area contributed by atoms with Gasteiger partial charge in [-0.25, -0.2) is 4.39 Å². The average Bonchev–Trinajstić information content (AvgIpc) is 2.44. The summed E-state index contributed by atoms with van der Waals surface area (Å²) in [4.78, 5) is 2.17. The van der Waals surface area contributed by atoms with Crippen molar-refractivity contribution in [3.63, 3.8) is 0 Å². The number of hydrogen-bond acceptors (Lipinski definition) is 3. The first-order chi connectivity index (χ1) is 10.2. The molecule has 118 valence electrons. The highest BCUT2D eigenvalue weighted by Gasteiger charge is 2.21. The molecule has 0 unspecified atom stereocenters. The topological polar surface area (TPSA) is 24.5 Å². The number of hydrogen-bond donors (Lipinski definition) is 1. The van der Waals surface area contributed by atoms with Crippen LogP contribution < -0.4 is 10.2 Å². The van der Waals surface area contributed by atoms with Crippen LogP contribution in [0.25, 0.3) is 0 Å². The predicted octanol–water partition coefficient (Wildman–Crippen LogP) is 3.19. The molecule has 1 aromatic carbocycles. The first-order valence-corrected chi connectivity index (χ1v) is 7.97. The molecule has 0 aromatic heterocycles. The van der Waals surface area contributed by atoms with Gasteiger partial charge in [0, 0.05) is 33.3 Å². The molecule has 21 heavy (non-hydrogen) atoms. The Labute approximate surface area is 127 Å². The highest BCUT2D eigenvalue weighted by molar-refractivity contribution is 5.49. The number of methoxy groups -OCH3 is 1. The maximum atomic E-state index is 14.3. The Morgan fingerprint density at radius 2 is 2.19 bits per heavy atom. The van der Waals surface area contributed by atoms with E-state index >= 15 is 0 Å². The van der Waals surface area contributed by atoms with Crippen molar-refractivity contribution in [1.82, 2.24) is 5.32 Å². The van der Waals surface area contributed by atoms with Crippen molar-refractivity contribution in [2.24, 2.45) is 5.92 Å². The van der Waals surface area contributed by atoms with Gasteiger partial charge < -0.3 is 15.0 Å². The lowest BCUT2D eigenvalue weighted by atomic mass is 9.85. The van der Waals surface area contributed by atoms with Crippen LogP contribution in [0, 0.1) is 11.7 Å². The maximum Gasteiger partial charge on any atom is 0.146 e. The highest BCUT2D eigenvalue weighted by Crippen LogP contribution is 2.30. The summed E-state index contributed by atoms with van der Waals surface area (Å²) in [5.74, 6) is 0.641. The van der Waals surface area contributed by atoms with Crippen molar-refractivity contribution in [2.75, 3.05) is 38.3 Å². The largest absolute Gasteiger partial charge is 0.383 e. The van der Waals surface area contributed by atoms with E-state index in [4.69, 9.17) is 4.74 Å². The predicted molar refractivity (Wildman–Crippen MR) is 85.2 cm³/mol. The van der Waals surface area contributed by atoms with Crippen LogP contribution >= 0.6 is 0 Å². The molecule has 1 aliphatic rings. The van der Waals surface area contributed by atoms with Crippen LogP contribution in [0.4, 0.5) is 10.1 Å². The molecule has 1 saturated carbocycles. The van der Waals surface area contributed by atoms with Gasteiger partial charge in [0.15, 0.2) is 0 Å². The molecule has 0 atom stereocenters. The van der Waals surface area contributed by atoms with E-state index in [9.17, 15) is 4.39 Å². The lowest BCUT2D eigenvalue weighted by Gasteiger charge is -2.33. The summed E-state index contributed by atoms with van der Waals surface area (Å²) in [6.07, 6.45) is 3.91. The lowest BCUT2D eigenvalue weighted by molar-refractivity contribution is 0.199. The van der Waals surface area contributed by atoms with Gasteiger partial charge in [0.25, 0.3) is 0 Å². The third kappa shape index (κ3) is 4.68. The van der Waals surface area contributed by atoms with Gasteiger partial charge in [0.1, 0.15) is 5.82 Å². The fraction of sp³-hybridized carbons (Fsp3) is 0.647. The first-order valence-electron chi connectivity index (χ1n) is 7.97. The van der Waals surface area contributed by atoms with Gasteiger partial charge in [-0.2, -0.15) is 0 Å². The van der Waals surface area contributed by atoms with Gasteiger partial charge in [-0.3, -0.25) is 0 Å². The van der Waals surface area contributed by atoms with E-state index in [-0.39, 0.29) is 5.82 Å². The van der Waals surface area contributed by atoms with Gasteiger partial charge in [-0.15, -0.1) is 0 Å². The van der Waals surface area contributed by atoms with Crippen molar-refractivity contribution in [1.29, 1.82) is 0 Å². The monoisotopic (exact) mass is 294 g/mol. The molecule has 0 bridgehead atoms. The van der Waals surface area contributed by atoms with Crippen molar-refractivity contribution >= 4 is 5.69 Å². The number of nitrogens with zero attached hydrogens (tertiary/aromatic N) is 1. The molecule has 0 heterocycles. The van der Waals surface area contributed by atoms with E-state index in [2.05, 4.69) is 17.1 Å². The zero-order valence-corrected chi connectivity index (χ0v) is 13.2. The smallest absolute Gasteiger partial charge is 0.146 e. The molecule has 3 nitrogen and oxygen atoms in total. The van der Waals surface area contributed by atoms with Gasteiger partial charge in [0.05, 0.1) is 12.3 Å². The molecule has 0 aliphatic heterocycles. The zero-order valence-electron chi connectivity index (χ0n) is 13.2. The second-order valence-electron chi connectivity index (χ2n) is 5.79. The Morgan fingerprint density at radius 1 is 1.38 bits per heavy atom. The summed E-state index contributed by atoms with van der Waals surface area (Å²) in [5.41, 5.74) is 1.72. The van der Waals surface area contributed by atoms with Crippen molar-refractivity contribution in [2.45, 2.75) is 32.7 Å². The van der Waals surface area contributed by atoms with Crippen LogP contribution in [0.5, 0.6) is 0 Å². The van der Waals surface area contributed by atoms with Gasteiger partial charge in [-0.1, -0.05) is 12.5 Å². The van der Waals surface area contributed by atoms with Crippen molar-refractivity contribution < 1.29 is 9.13 Å². The van der Waals surface area contributed by atoms with Crippen molar-refractivity contribution in [3.05, 3.63) is 29.6 Å². The second kappa shape index (κ2) is 8.35. The number of benzene rings is 1. The summed E-state index contributed by atoms with van der Waals surface area (Å²) in [5, 5.41) is 3.24. The highest BCUT2D eigenvalue weighted by atomic mass is 19.1. The molecule has 0 saturated heterocycles. The van der Waals surface area contributed by atoms with Crippen molar-refractivity contribution in [3.8, 4) is 0 Å². The minimum Gasteiger partial charge on any atom is -0.383 e. The quantitative estimate of drug-likeness (QED) is 0.708. The Balaban J connectivity index is 1.93. The van der Waals surface area contributed by atoms with E-state index in [1.807, 2.05) is 12.1 Å². The summed E-state index contributed by atoms with van der Waals surface area (Å²) in [7, 11) is 1.68. The maximum absolute atomic E-state index is 14.3. The third-order valence-electron chi connectivity index (χ3n) is 4.25. The Morgan fingerprint density at radius 3 is 2.76 bits per heavy atom. The molecule has 1 fully saturated rings. The van der Waals surface area contributed by atoms with Gasteiger partial charge in [0.2, 0.25) is 0 Å². The molecular formula is C17H27FN2O. The SMILES string of the molecule is CCN(CC1CCC1)c1ccc(CNCCOC)cc1F. The van der Waals surface area contributed by atoms with E-state index < -0.39 is 0 Å². The number of anilines is 1. The normalized spacial score (nSPS) is 15.0. The molecule has 0 spiro atoms. The van der Waals surface area contributed by atoms with E-state index in [0.717, 1.165) is 36.8 Å². The Kier molecular flexibility index (Phi) is 6.46. The number of nitrogens with one attached hydrogen (secondary N) is 1.